The molecule has 3 aromatic rings. The van der Waals surface area contributed by atoms with Crippen molar-refractivity contribution in [2.75, 3.05) is 27.3 Å². The second kappa shape index (κ2) is 11.1. The van der Waals surface area contributed by atoms with E-state index in [0.717, 1.165) is 15.6 Å². The molecule has 0 spiro atoms. The number of fused-ring (bicyclic) bond motifs is 1. The Morgan fingerprint density at radius 3 is 2.49 bits per heavy atom. The number of benzene rings is 2. The lowest BCUT2D eigenvalue weighted by molar-refractivity contribution is -0.127. The summed E-state index contributed by atoms with van der Waals surface area (Å²) in [7, 11) is 3.16. The van der Waals surface area contributed by atoms with Crippen LogP contribution in [0.3, 0.4) is 0 Å². The molecular weight excluding hydrogens is 554 g/mol. The molecule has 0 saturated carbocycles. The molecule has 0 bridgehead atoms. The summed E-state index contributed by atoms with van der Waals surface area (Å²) in [5, 5.41) is 0. The zero-order valence-electron chi connectivity index (χ0n) is 21.8. The lowest BCUT2D eigenvalue weighted by atomic mass is 9.93. The van der Waals surface area contributed by atoms with E-state index < -0.39 is 6.04 Å². The number of carbonyl (C=O) groups is 1. The summed E-state index contributed by atoms with van der Waals surface area (Å²) in [4.78, 5) is 34.8. The normalized spacial score (nSPS) is 15.3. The lowest BCUT2D eigenvalue weighted by Gasteiger charge is -2.30. The Bertz CT molecular complexity index is 1570. The number of aryl methyl sites for hydroxylation is 1. The van der Waals surface area contributed by atoms with Gasteiger partial charge in [-0.2, -0.15) is 0 Å². The third kappa shape index (κ3) is 5.02. The number of methoxy groups -OCH3 is 2. The van der Waals surface area contributed by atoms with Crippen LogP contribution in [-0.4, -0.2) is 42.7 Å². The van der Waals surface area contributed by atoms with Crippen molar-refractivity contribution in [3.63, 3.8) is 0 Å². The minimum Gasteiger partial charge on any atom is -0.497 e. The molecule has 0 unspecified atom stereocenters. The number of carbonyl (C=O) groups excluding carboxylic acids is 1. The highest BCUT2D eigenvalue weighted by atomic mass is 79.9. The molecule has 194 valence electrons. The third-order valence-electron chi connectivity index (χ3n) is 6.53. The molecule has 2 aromatic carbocycles. The Morgan fingerprint density at radius 2 is 1.86 bits per heavy atom. The SMILES string of the molecule is CCN(CC)C(=O)C1=C(C)N=c2s/c(=C/c3ccc(C)c(Br)c3)c(=O)n2[C@H]1c1cc(OC)ccc1OC. The number of thiazole rings is 1. The van der Waals surface area contributed by atoms with Gasteiger partial charge in [-0.15, -0.1) is 0 Å². The fourth-order valence-electron chi connectivity index (χ4n) is 4.47. The van der Waals surface area contributed by atoms with Gasteiger partial charge in [0.1, 0.15) is 17.5 Å². The Kier molecular flexibility index (Phi) is 8.04. The molecule has 1 aliphatic heterocycles. The maximum absolute atomic E-state index is 13.9. The molecule has 0 fully saturated rings. The second-order valence-corrected chi connectivity index (χ2v) is 10.5. The minimum atomic E-state index is -0.721. The van der Waals surface area contributed by atoms with Gasteiger partial charge in [-0.3, -0.25) is 14.2 Å². The largest absolute Gasteiger partial charge is 0.497 e. The van der Waals surface area contributed by atoms with Gasteiger partial charge in [0.15, 0.2) is 4.80 Å². The summed E-state index contributed by atoms with van der Waals surface area (Å²) in [6.07, 6.45) is 1.86. The van der Waals surface area contributed by atoms with Crippen LogP contribution in [-0.2, 0) is 4.79 Å². The zero-order chi connectivity index (χ0) is 26.9. The smallest absolute Gasteiger partial charge is 0.271 e. The van der Waals surface area contributed by atoms with Crippen LogP contribution in [0.25, 0.3) is 6.08 Å². The van der Waals surface area contributed by atoms with Gasteiger partial charge >= 0.3 is 0 Å². The number of hydrogen-bond donors (Lipinski definition) is 0. The maximum Gasteiger partial charge on any atom is 0.271 e. The van der Waals surface area contributed by atoms with E-state index in [-0.39, 0.29) is 11.5 Å². The average molecular weight is 585 g/mol. The van der Waals surface area contributed by atoms with E-state index in [4.69, 9.17) is 14.5 Å². The number of amides is 1. The Labute approximate surface area is 228 Å². The van der Waals surface area contributed by atoms with Crippen molar-refractivity contribution in [2.45, 2.75) is 33.7 Å². The summed E-state index contributed by atoms with van der Waals surface area (Å²) < 4.78 is 14.3. The summed E-state index contributed by atoms with van der Waals surface area (Å²) >= 11 is 4.88. The number of likely N-dealkylation sites (N-methyl/N-ethyl adjacent to an activating group) is 1. The molecule has 1 atom stereocenters. The molecular formula is C28H30BrN3O4S. The van der Waals surface area contributed by atoms with E-state index >= 15 is 0 Å². The van der Waals surface area contributed by atoms with E-state index in [1.807, 2.05) is 58.0 Å². The highest BCUT2D eigenvalue weighted by Gasteiger charge is 2.36. The first-order valence-electron chi connectivity index (χ1n) is 12.0. The van der Waals surface area contributed by atoms with Gasteiger partial charge in [0.05, 0.1) is 30.0 Å². The van der Waals surface area contributed by atoms with Crippen molar-refractivity contribution in [2.24, 2.45) is 4.99 Å². The van der Waals surface area contributed by atoms with Crippen molar-refractivity contribution in [3.05, 3.63) is 88.5 Å². The molecule has 1 aliphatic rings. The summed E-state index contributed by atoms with van der Waals surface area (Å²) in [5.74, 6) is 1.01. The Balaban J connectivity index is 2.02. The van der Waals surface area contributed by atoms with Crippen molar-refractivity contribution in [1.82, 2.24) is 9.47 Å². The molecule has 0 aliphatic carbocycles. The van der Waals surface area contributed by atoms with Crippen LogP contribution >= 0.6 is 27.3 Å². The van der Waals surface area contributed by atoms with E-state index in [1.165, 1.54) is 11.3 Å². The van der Waals surface area contributed by atoms with Crippen LogP contribution < -0.4 is 24.4 Å². The molecule has 0 saturated heterocycles. The van der Waals surface area contributed by atoms with E-state index in [1.54, 1.807) is 35.8 Å². The van der Waals surface area contributed by atoms with Crippen molar-refractivity contribution < 1.29 is 14.3 Å². The van der Waals surface area contributed by atoms with Crippen molar-refractivity contribution in [1.29, 1.82) is 0 Å². The number of aromatic nitrogens is 1. The van der Waals surface area contributed by atoms with Gasteiger partial charge in [0, 0.05) is 23.1 Å². The van der Waals surface area contributed by atoms with Crippen LogP contribution in [0.2, 0.25) is 0 Å². The molecule has 0 N–H and O–H groups in total. The van der Waals surface area contributed by atoms with E-state index in [2.05, 4.69) is 15.9 Å². The monoisotopic (exact) mass is 583 g/mol. The van der Waals surface area contributed by atoms with Gasteiger partial charge in [-0.25, -0.2) is 4.99 Å². The Morgan fingerprint density at radius 1 is 1.14 bits per heavy atom. The Hall–Kier alpha value is -3.17. The van der Waals surface area contributed by atoms with E-state index in [0.29, 0.717) is 50.8 Å². The first kappa shape index (κ1) is 26.9. The molecule has 7 nitrogen and oxygen atoms in total. The number of allylic oxidation sites excluding steroid dienone is 1. The highest BCUT2D eigenvalue weighted by molar-refractivity contribution is 9.10. The second-order valence-electron chi connectivity index (χ2n) is 8.68. The van der Waals surface area contributed by atoms with Gasteiger partial charge in [0.2, 0.25) is 0 Å². The van der Waals surface area contributed by atoms with E-state index in [9.17, 15) is 9.59 Å². The minimum absolute atomic E-state index is 0.155. The predicted molar refractivity (Wildman–Crippen MR) is 150 cm³/mol. The molecule has 4 rings (SSSR count). The standard InChI is InChI=1S/C28H30BrN3O4S/c1-7-31(8-2)27(34)24-17(4)30-28-32(25(24)20-15-19(35-5)11-12-22(20)36-6)26(33)23(37-28)14-18-10-9-16(3)21(29)13-18/h9-15,25H,7-8H2,1-6H3/b23-14+/t25-/m0/s1. The van der Waals surface area contributed by atoms with Crippen molar-refractivity contribution >= 4 is 39.2 Å². The van der Waals surface area contributed by atoms with Gasteiger partial charge in [-0.05, 0) is 69.2 Å². The summed E-state index contributed by atoms with van der Waals surface area (Å²) in [6, 6.07) is 10.7. The first-order valence-corrected chi connectivity index (χ1v) is 13.6. The number of nitrogens with zero attached hydrogens (tertiary/aromatic N) is 3. The van der Waals surface area contributed by atoms with Crippen LogP contribution in [0.15, 0.2) is 61.9 Å². The lowest BCUT2D eigenvalue weighted by Crippen LogP contribution is -2.43. The summed E-state index contributed by atoms with van der Waals surface area (Å²) in [6.45, 7) is 8.80. The summed E-state index contributed by atoms with van der Waals surface area (Å²) in [5.41, 5.74) is 3.49. The predicted octanol–water partition coefficient (Wildman–Crippen LogP) is 4.19. The van der Waals surface area contributed by atoms with Crippen LogP contribution in [0.1, 0.15) is 43.5 Å². The highest BCUT2D eigenvalue weighted by Crippen LogP contribution is 2.38. The number of halogens is 1. The third-order valence-corrected chi connectivity index (χ3v) is 8.37. The van der Waals surface area contributed by atoms with Crippen molar-refractivity contribution in [3.8, 4) is 11.5 Å². The van der Waals surface area contributed by atoms with Gasteiger partial charge in [-0.1, -0.05) is 39.4 Å². The number of ether oxygens (including phenoxy) is 2. The quantitative estimate of drug-likeness (QED) is 0.418. The first-order chi connectivity index (χ1) is 17.7. The number of rotatable bonds is 7. The zero-order valence-corrected chi connectivity index (χ0v) is 24.2. The number of hydrogen-bond acceptors (Lipinski definition) is 6. The topological polar surface area (TPSA) is 73.1 Å². The molecule has 1 amide bonds. The van der Waals surface area contributed by atoms with Gasteiger partial charge in [0.25, 0.3) is 11.5 Å². The fraction of sp³-hybridized carbons (Fsp3) is 0.321. The van der Waals surface area contributed by atoms with Crippen LogP contribution in [0.5, 0.6) is 11.5 Å². The van der Waals surface area contributed by atoms with Crippen LogP contribution in [0, 0.1) is 6.92 Å². The molecule has 1 aromatic heterocycles. The fourth-order valence-corrected chi connectivity index (χ4v) is 5.92. The molecule has 9 heteroatoms. The average Bonchev–Trinajstić information content (AvgIpc) is 3.19. The molecule has 0 radical (unpaired) electrons. The van der Waals surface area contributed by atoms with Crippen LogP contribution in [0.4, 0.5) is 0 Å². The maximum atomic E-state index is 13.9. The molecule has 2 heterocycles. The molecule has 37 heavy (non-hydrogen) atoms. The van der Waals surface area contributed by atoms with Gasteiger partial charge < -0.3 is 14.4 Å².